The Kier molecular flexibility index (Phi) is 7.19. The highest BCUT2D eigenvalue weighted by Crippen LogP contribution is 2.19. The number of carbonyl (C=O) groups is 3. The molecular weight excluding hydrogens is 376 g/mol. The second-order valence-corrected chi connectivity index (χ2v) is 6.98. The molecule has 0 saturated carbocycles. The molecule has 0 aromatic heterocycles. The summed E-state index contributed by atoms with van der Waals surface area (Å²) < 4.78 is 5.01. The van der Waals surface area contributed by atoms with Gasteiger partial charge in [0.05, 0.1) is 10.5 Å². The average molecular weight is 398 g/mol. The fourth-order valence-electron chi connectivity index (χ4n) is 2.61. The van der Waals surface area contributed by atoms with Gasteiger partial charge in [0.25, 0.3) is 5.69 Å². The maximum atomic E-state index is 12.2. The van der Waals surface area contributed by atoms with Gasteiger partial charge in [-0.2, -0.15) is 0 Å². The van der Waals surface area contributed by atoms with Gasteiger partial charge in [-0.1, -0.05) is 13.8 Å². The van der Waals surface area contributed by atoms with Gasteiger partial charge in [-0.05, 0) is 49.2 Å². The molecule has 0 unspecified atom stereocenters. The monoisotopic (exact) mass is 398 g/mol. The van der Waals surface area contributed by atoms with E-state index in [0.717, 1.165) is 0 Å². The molecule has 0 atom stereocenters. The van der Waals surface area contributed by atoms with E-state index in [-0.39, 0.29) is 23.1 Å². The number of carbonyl (C=O) groups excluding carboxylic acids is 3. The molecule has 2 rings (SSSR count). The summed E-state index contributed by atoms with van der Waals surface area (Å²) in [6, 6.07) is 10.1. The Bertz CT molecular complexity index is 935. The van der Waals surface area contributed by atoms with Crippen LogP contribution in [0.25, 0.3) is 0 Å². The zero-order valence-electron chi connectivity index (χ0n) is 16.4. The van der Waals surface area contributed by atoms with E-state index in [2.05, 4.69) is 5.32 Å². The second kappa shape index (κ2) is 9.59. The number of hydrogen-bond acceptors (Lipinski definition) is 6. The zero-order chi connectivity index (χ0) is 21.6. The molecule has 0 bridgehead atoms. The topological polar surface area (TPSA) is 116 Å². The molecular formula is C21H22N2O6. The van der Waals surface area contributed by atoms with Gasteiger partial charge in [0, 0.05) is 29.3 Å². The first-order chi connectivity index (χ1) is 13.7. The van der Waals surface area contributed by atoms with Gasteiger partial charge >= 0.3 is 5.97 Å². The first-order valence-corrected chi connectivity index (χ1v) is 9.02. The lowest BCUT2D eigenvalue weighted by Gasteiger charge is -2.08. The molecule has 0 heterocycles. The van der Waals surface area contributed by atoms with Crippen molar-refractivity contribution < 1.29 is 24.0 Å². The number of nitrogens with zero attached hydrogens (tertiary/aromatic N) is 1. The van der Waals surface area contributed by atoms with Crippen LogP contribution in [-0.2, 0) is 9.53 Å². The van der Waals surface area contributed by atoms with Gasteiger partial charge in [0.15, 0.2) is 12.4 Å². The summed E-state index contributed by atoms with van der Waals surface area (Å²) >= 11 is 0. The molecule has 0 spiro atoms. The normalized spacial score (nSPS) is 10.5. The third-order valence-electron chi connectivity index (χ3n) is 4.05. The van der Waals surface area contributed by atoms with Gasteiger partial charge in [0.2, 0.25) is 5.91 Å². The number of benzene rings is 2. The van der Waals surface area contributed by atoms with E-state index in [1.54, 1.807) is 12.1 Å². The maximum absolute atomic E-state index is 12.2. The second-order valence-electron chi connectivity index (χ2n) is 6.98. The molecule has 29 heavy (non-hydrogen) atoms. The van der Waals surface area contributed by atoms with Crippen molar-refractivity contribution in [2.75, 3.05) is 11.9 Å². The predicted octanol–water partition coefficient (Wildman–Crippen LogP) is 3.93. The first kappa shape index (κ1) is 21.7. The number of ketones is 1. The lowest BCUT2D eigenvalue weighted by atomic mass is 10.1. The largest absolute Gasteiger partial charge is 0.454 e. The minimum atomic E-state index is -0.742. The van der Waals surface area contributed by atoms with Crippen LogP contribution >= 0.6 is 0 Å². The number of nitrogens with one attached hydrogen (secondary N) is 1. The molecule has 8 nitrogen and oxygen atoms in total. The summed E-state index contributed by atoms with van der Waals surface area (Å²) in [7, 11) is 0. The molecule has 0 aliphatic carbocycles. The number of hydrogen-bond donors (Lipinski definition) is 1. The molecule has 2 aromatic rings. The maximum Gasteiger partial charge on any atom is 0.338 e. The van der Waals surface area contributed by atoms with Crippen molar-refractivity contribution in [3.63, 3.8) is 0 Å². The van der Waals surface area contributed by atoms with Gasteiger partial charge < -0.3 is 10.1 Å². The van der Waals surface area contributed by atoms with Crippen LogP contribution in [-0.4, -0.2) is 29.2 Å². The van der Waals surface area contributed by atoms with E-state index in [4.69, 9.17) is 4.74 Å². The number of Topliss-reactive ketones (excluding diaryl/α,β-unsaturated/α-hetero) is 1. The summed E-state index contributed by atoms with van der Waals surface area (Å²) in [5, 5.41) is 13.6. The summed E-state index contributed by atoms with van der Waals surface area (Å²) in [6.07, 6.45) is 0.402. The van der Waals surface area contributed by atoms with Gasteiger partial charge in [0.1, 0.15) is 0 Å². The van der Waals surface area contributed by atoms with Crippen molar-refractivity contribution in [3.8, 4) is 0 Å². The Labute approximate surface area is 168 Å². The van der Waals surface area contributed by atoms with Crippen LogP contribution in [0.5, 0.6) is 0 Å². The Balaban J connectivity index is 1.93. The van der Waals surface area contributed by atoms with Crippen LogP contribution in [0.1, 0.15) is 46.5 Å². The molecule has 1 amide bonds. The van der Waals surface area contributed by atoms with E-state index in [1.807, 2.05) is 13.8 Å². The summed E-state index contributed by atoms with van der Waals surface area (Å²) in [5.74, 6) is -1.01. The number of rotatable bonds is 8. The van der Waals surface area contributed by atoms with Crippen LogP contribution in [0, 0.1) is 23.0 Å². The van der Waals surface area contributed by atoms with E-state index in [1.165, 1.54) is 37.3 Å². The van der Waals surface area contributed by atoms with Crippen molar-refractivity contribution in [1.29, 1.82) is 0 Å². The van der Waals surface area contributed by atoms with Crippen molar-refractivity contribution in [2.45, 2.75) is 27.2 Å². The fourth-order valence-corrected chi connectivity index (χ4v) is 2.61. The van der Waals surface area contributed by atoms with Gasteiger partial charge in [-0.3, -0.25) is 19.7 Å². The molecule has 1 N–H and O–H groups in total. The number of amides is 1. The lowest BCUT2D eigenvalue weighted by molar-refractivity contribution is -0.385. The Morgan fingerprint density at radius 1 is 1.07 bits per heavy atom. The average Bonchev–Trinajstić information content (AvgIpc) is 2.65. The summed E-state index contributed by atoms with van der Waals surface area (Å²) in [6.45, 7) is 4.94. The van der Waals surface area contributed by atoms with E-state index in [9.17, 15) is 24.5 Å². The molecule has 0 radical (unpaired) electrons. The summed E-state index contributed by atoms with van der Waals surface area (Å²) in [5.41, 5.74) is 1.26. The highest BCUT2D eigenvalue weighted by atomic mass is 16.6. The van der Waals surface area contributed by atoms with Crippen LogP contribution < -0.4 is 5.32 Å². The predicted molar refractivity (Wildman–Crippen MR) is 107 cm³/mol. The van der Waals surface area contributed by atoms with Crippen LogP contribution in [0.4, 0.5) is 11.4 Å². The number of esters is 1. The third-order valence-corrected chi connectivity index (χ3v) is 4.05. The van der Waals surface area contributed by atoms with Crippen molar-refractivity contribution in [2.24, 2.45) is 5.92 Å². The van der Waals surface area contributed by atoms with E-state index >= 15 is 0 Å². The number of ether oxygens (including phenoxy) is 1. The molecule has 0 aliphatic rings. The summed E-state index contributed by atoms with van der Waals surface area (Å²) in [4.78, 5) is 46.4. The Hall–Kier alpha value is -3.55. The molecule has 0 saturated heterocycles. The number of nitro groups is 1. The highest BCUT2D eigenvalue weighted by molar-refractivity contribution is 6.00. The fraction of sp³-hybridized carbons (Fsp3) is 0.286. The van der Waals surface area contributed by atoms with Crippen molar-refractivity contribution >= 4 is 29.0 Å². The molecule has 2 aromatic carbocycles. The van der Waals surface area contributed by atoms with Crippen molar-refractivity contribution in [1.82, 2.24) is 0 Å². The van der Waals surface area contributed by atoms with Crippen LogP contribution in [0.15, 0.2) is 42.5 Å². The lowest BCUT2D eigenvalue weighted by Crippen LogP contribution is -2.15. The Morgan fingerprint density at radius 2 is 1.69 bits per heavy atom. The van der Waals surface area contributed by atoms with Crippen LogP contribution in [0.2, 0.25) is 0 Å². The number of nitro benzene ring substituents is 1. The quantitative estimate of drug-likeness (QED) is 0.312. The number of anilines is 1. The van der Waals surface area contributed by atoms with E-state index in [0.29, 0.717) is 23.2 Å². The van der Waals surface area contributed by atoms with Crippen molar-refractivity contribution in [3.05, 3.63) is 69.3 Å². The SMILES string of the molecule is Cc1cc(C(=O)OCC(=O)c2ccc(NC(=O)CC(C)C)cc2)ccc1[N+](=O)[O-]. The standard InChI is InChI=1S/C21H22N2O6/c1-13(2)10-20(25)22-17-7-4-15(5-8-17)19(24)12-29-21(26)16-6-9-18(23(27)28)14(3)11-16/h4-9,11,13H,10,12H2,1-3H3,(H,22,25). The molecule has 0 aliphatic heterocycles. The number of aryl methyl sites for hydroxylation is 1. The minimum Gasteiger partial charge on any atom is -0.454 e. The highest BCUT2D eigenvalue weighted by Gasteiger charge is 2.16. The minimum absolute atomic E-state index is 0.0989. The Morgan fingerprint density at radius 3 is 2.24 bits per heavy atom. The molecule has 152 valence electrons. The molecule has 0 fully saturated rings. The van der Waals surface area contributed by atoms with Gasteiger partial charge in [-0.15, -0.1) is 0 Å². The smallest absolute Gasteiger partial charge is 0.338 e. The molecule has 8 heteroatoms. The first-order valence-electron chi connectivity index (χ1n) is 9.02. The third kappa shape index (κ3) is 6.24. The van der Waals surface area contributed by atoms with Crippen LogP contribution in [0.3, 0.4) is 0 Å². The van der Waals surface area contributed by atoms with E-state index < -0.39 is 23.3 Å². The zero-order valence-corrected chi connectivity index (χ0v) is 16.4. The van der Waals surface area contributed by atoms with Gasteiger partial charge in [-0.25, -0.2) is 4.79 Å².